The third-order valence-corrected chi connectivity index (χ3v) is 6.73. The molecular formula is C25H27N3O. The quantitative estimate of drug-likeness (QED) is 0.555. The molecule has 0 saturated carbocycles. The minimum absolute atomic E-state index is 0.251. The van der Waals surface area contributed by atoms with Crippen LogP contribution in [0.5, 0.6) is 5.75 Å². The van der Waals surface area contributed by atoms with Gasteiger partial charge in [0, 0.05) is 23.8 Å². The molecule has 4 heteroatoms. The lowest BCUT2D eigenvalue weighted by atomic mass is 9.75. The maximum atomic E-state index is 6.90. The fourth-order valence-corrected chi connectivity index (χ4v) is 5.11. The largest absolute Gasteiger partial charge is 0.459 e. The Hall–Kier alpha value is -2.88. The lowest BCUT2D eigenvalue weighted by Crippen LogP contribution is -2.62. The van der Waals surface area contributed by atoms with Crippen LogP contribution < -0.4 is 9.64 Å². The van der Waals surface area contributed by atoms with Crippen LogP contribution in [0.1, 0.15) is 43.9 Å². The van der Waals surface area contributed by atoms with E-state index in [1.54, 1.807) is 0 Å². The SMILES string of the molecule is CCCN1c2ccc(C)c(C)c2C(C)(C)[C@]12C=Nc1c(ccc3ncccc13)O2. The summed E-state index contributed by atoms with van der Waals surface area (Å²) in [5, 5.41) is 1.03. The standard InChI is InChI=1S/C25H27N3O/c1-6-14-28-20-11-9-16(2)17(3)22(20)24(4,5)25(28)15-27-23-18-8-7-13-26-19(18)10-12-21(23)29-25/h7-13,15H,6,14H2,1-5H3/t25-/m1/s1. The molecule has 1 aromatic heterocycles. The topological polar surface area (TPSA) is 37.7 Å². The summed E-state index contributed by atoms with van der Waals surface area (Å²) < 4.78 is 6.90. The van der Waals surface area contributed by atoms with E-state index in [0.717, 1.165) is 35.3 Å². The third kappa shape index (κ3) is 2.26. The number of hydrogen-bond donors (Lipinski definition) is 0. The van der Waals surface area contributed by atoms with E-state index in [4.69, 9.17) is 9.73 Å². The van der Waals surface area contributed by atoms with Gasteiger partial charge in [0.15, 0.2) is 0 Å². The molecule has 3 heterocycles. The molecule has 2 aliphatic rings. The molecule has 0 amide bonds. The van der Waals surface area contributed by atoms with Gasteiger partial charge < -0.3 is 9.64 Å². The number of nitrogens with zero attached hydrogens (tertiary/aromatic N) is 3. The summed E-state index contributed by atoms with van der Waals surface area (Å²) in [6.07, 6.45) is 4.89. The molecule has 5 rings (SSSR count). The van der Waals surface area contributed by atoms with Gasteiger partial charge in [-0.3, -0.25) is 9.98 Å². The molecule has 2 aromatic carbocycles. The van der Waals surface area contributed by atoms with Crippen molar-refractivity contribution >= 4 is 28.5 Å². The predicted octanol–water partition coefficient (Wildman–Crippen LogP) is 5.85. The van der Waals surface area contributed by atoms with Crippen molar-refractivity contribution < 1.29 is 4.74 Å². The molecule has 1 spiro atoms. The molecule has 0 saturated heterocycles. The molecule has 1 atom stereocenters. The molecule has 3 aromatic rings. The van der Waals surface area contributed by atoms with E-state index in [1.165, 1.54) is 22.4 Å². The highest BCUT2D eigenvalue weighted by molar-refractivity contribution is 5.98. The van der Waals surface area contributed by atoms with Crippen LogP contribution in [0.2, 0.25) is 0 Å². The summed E-state index contributed by atoms with van der Waals surface area (Å²) in [6, 6.07) is 12.5. The van der Waals surface area contributed by atoms with Crippen LogP contribution >= 0.6 is 0 Å². The average Bonchev–Trinajstić information content (AvgIpc) is 2.89. The minimum atomic E-state index is -0.646. The summed E-state index contributed by atoms with van der Waals surface area (Å²) in [7, 11) is 0. The maximum Gasteiger partial charge on any atom is 0.228 e. The van der Waals surface area contributed by atoms with E-state index in [9.17, 15) is 0 Å². The second-order valence-corrected chi connectivity index (χ2v) is 8.72. The van der Waals surface area contributed by atoms with Gasteiger partial charge in [-0.2, -0.15) is 0 Å². The number of aryl methyl sites for hydroxylation is 1. The molecule has 0 radical (unpaired) electrons. The summed E-state index contributed by atoms with van der Waals surface area (Å²) >= 11 is 0. The number of pyridine rings is 1. The molecule has 2 aliphatic heterocycles. The minimum Gasteiger partial charge on any atom is -0.459 e. The first-order valence-corrected chi connectivity index (χ1v) is 10.4. The molecule has 0 aliphatic carbocycles. The van der Waals surface area contributed by atoms with Gasteiger partial charge in [-0.15, -0.1) is 0 Å². The highest BCUT2D eigenvalue weighted by Crippen LogP contribution is 2.56. The van der Waals surface area contributed by atoms with Crippen LogP contribution in [-0.4, -0.2) is 23.5 Å². The maximum absolute atomic E-state index is 6.90. The first-order chi connectivity index (χ1) is 13.9. The highest BCUT2D eigenvalue weighted by atomic mass is 16.5. The van der Waals surface area contributed by atoms with Crippen LogP contribution in [0.15, 0.2) is 47.6 Å². The van der Waals surface area contributed by atoms with Crippen LogP contribution in [0.3, 0.4) is 0 Å². The van der Waals surface area contributed by atoms with Crippen LogP contribution in [0.4, 0.5) is 11.4 Å². The Bertz CT molecular complexity index is 1160. The van der Waals surface area contributed by atoms with E-state index >= 15 is 0 Å². The average molecular weight is 386 g/mol. The Morgan fingerprint density at radius 3 is 2.69 bits per heavy atom. The third-order valence-electron chi connectivity index (χ3n) is 6.73. The lowest BCUT2D eigenvalue weighted by molar-refractivity contribution is 0.0776. The first-order valence-electron chi connectivity index (χ1n) is 10.4. The number of aromatic nitrogens is 1. The monoisotopic (exact) mass is 385 g/mol. The predicted molar refractivity (Wildman–Crippen MR) is 120 cm³/mol. The Balaban J connectivity index is 1.74. The Labute approximate surface area is 172 Å². The van der Waals surface area contributed by atoms with E-state index < -0.39 is 5.72 Å². The van der Waals surface area contributed by atoms with E-state index in [-0.39, 0.29) is 5.41 Å². The number of rotatable bonds is 2. The number of aliphatic imine (C=N–C) groups is 1. The summed E-state index contributed by atoms with van der Waals surface area (Å²) in [5.41, 5.74) is 6.20. The second-order valence-electron chi connectivity index (χ2n) is 8.72. The van der Waals surface area contributed by atoms with Gasteiger partial charge in [-0.1, -0.05) is 13.0 Å². The van der Waals surface area contributed by atoms with Gasteiger partial charge >= 0.3 is 0 Å². The van der Waals surface area contributed by atoms with Gasteiger partial charge in [-0.05, 0) is 81.1 Å². The Morgan fingerprint density at radius 1 is 1.07 bits per heavy atom. The fourth-order valence-electron chi connectivity index (χ4n) is 5.11. The smallest absolute Gasteiger partial charge is 0.228 e. The van der Waals surface area contributed by atoms with Crippen molar-refractivity contribution in [2.45, 2.75) is 52.2 Å². The molecule has 4 nitrogen and oxygen atoms in total. The lowest BCUT2D eigenvalue weighted by Gasteiger charge is -2.46. The summed E-state index contributed by atoms with van der Waals surface area (Å²) in [4.78, 5) is 11.9. The fraction of sp³-hybridized carbons (Fsp3) is 0.360. The van der Waals surface area contributed by atoms with Gasteiger partial charge in [0.2, 0.25) is 5.72 Å². The van der Waals surface area contributed by atoms with Gasteiger partial charge in [0.05, 0.1) is 17.1 Å². The van der Waals surface area contributed by atoms with Crippen molar-refractivity contribution in [3.05, 3.63) is 59.3 Å². The van der Waals surface area contributed by atoms with Gasteiger partial charge in [-0.25, -0.2) is 0 Å². The van der Waals surface area contributed by atoms with Crippen molar-refractivity contribution in [3.63, 3.8) is 0 Å². The van der Waals surface area contributed by atoms with E-state index in [1.807, 2.05) is 30.6 Å². The zero-order valence-corrected chi connectivity index (χ0v) is 17.8. The summed E-state index contributed by atoms with van der Waals surface area (Å²) in [5.74, 6) is 0.823. The Morgan fingerprint density at radius 2 is 1.90 bits per heavy atom. The van der Waals surface area contributed by atoms with E-state index in [0.29, 0.717) is 0 Å². The van der Waals surface area contributed by atoms with Crippen molar-refractivity contribution in [2.24, 2.45) is 4.99 Å². The van der Waals surface area contributed by atoms with Crippen LogP contribution in [-0.2, 0) is 5.41 Å². The molecular weight excluding hydrogens is 358 g/mol. The van der Waals surface area contributed by atoms with E-state index in [2.05, 4.69) is 62.7 Å². The normalized spacial score (nSPS) is 21.3. The van der Waals surface area contributed by atoms with Crippen molar-refractivity contribution in [3.8, 4) is 5.75 Å². The molecule has 29 heavy (non-hydrogen) atoms. The number of ether oxygens (including phenoxy) is 1. The van der Waals surface area contributed by atoms with Crippen molar-refractivity contribution in [1.82, 2.24) is 4.98 Å². The zero-order valence-electron chi connectivity index (χ0n) is 17.8. The number of hydrogen-bond acceptors (Lipinski definition) is 4. The van der Waals surface area contributed by atoms with Gasteiger partial charge in [0.1, 0.15) is 11.4 Å². The van der Waals surface area contributed by atoms with Gasteiger partial charge in [0.25, 0.3) is 0 Å². The zero-order chi connectivity index (χ0) is 20.4. The molecule has 0 N–H and O–H groups in total. The van der Waals surface area contributed by atoms with Crippen molar-refractivity contribution in [2.75, 3.05) is 11.4 Å². The van der Waals surface area contributed by atoms with Crippen LogP contribution in [0.25, 0.3) is 10.9 Å². The number of benzene rings is 2. The molecule has 0 fully saturated rings. The molecule has 0 unspecified atom stereocenters. The summed E-state index contributed by atoms with van der Waals surface area (Å²) in [6.45, 7) is 12.1. The Kier molecular flexibility index (Phi) is 3.79. The molecule has 0 bridgehead atoms. The highest BCUT2D eigenvalue weighted by Gasteiger charge is 2.60. The number of fused-ring (bicyclic) bond motifs is 4. The number of anilines is 1. The second kappa shape index (κ2) is 6.06. The van der Waals surface area contributed by atoms with Crippen LogP contribution in [0, 0.1) is 13.8 Å². The van der Waals surface area contributed by atoms with Crippen molar-refractivity contribution in [1.29, 1.82) is 0 Å². The first kappa shape index (κ1) is 18.2. The molecule has 148 valence electrons.